The lowest BCUT2D eigenvalue weighted by molar-refractivity contribution is -0.113. The van der Waals surface area contributed by atoms with Crippen LogP contribution in [-0.2, 0) is 4.79 Å². The first kappa shape index (κ1) is 16.7. The smallest absolute Gasteiger partial charge is 0.234 e. The van der Waals surface area contributed by atoms with Crippen LogP contribution in [0.15, 0.2) is 18.2 Å². The fourth-order valence-electron chi connectivity index (χ4n) is 1.57. The second-order valence-electron chi connectivity index (χ2n) is 3.92. The minimum Gasteiger partial charge on any atom is -0.490 e. The second kappa shape index (κ2) is 9.50. The van der Waals surface area contributed by atoms with Crippen LogP contribution in [0, 0.1) is 0 Å². The molecule has 0 aliphatic heterocycles. The van der Waals surface area contributed by atoms with E-state index in [0.717, 1.165) is 5.75 Å². The fraction of sp³-hybridized carbons (Fsp3) is 0.500. The van der Waals surface area contributed by atoms with Crippen LogP contribution in [0.5, 0.6) is 11.5 Å². The van der Waals surface area contributed by atoms with Crippen molar-refractivity contribution in [2.45, 2.75) is 13.8 Å². The van der Waals surface area contributed by atoms with Gasteiger partial charge in [0.15, 0.2) is 11.5 Å². The minimum atomic E-state index is -0.0462. The average Bonchev–Trinajstić information content (AvgIpc) is 2.42. The molecule has 0 saturated heterocycles. The van der Waals surface area contributed by atoms with Crippen LogP contribution in [0.4, 0.5) is 5.69 Å². The Morgan fingerprint density at radius 2 is 1.95 bits per heavy atom. The predicted molar refractivity (Wildman–Crippen MR) is 83.8 cm³/mol. The van der Waals surface area contributed by atoms with Crippen LogP contribution in [0.3, 0.4) is 0 Å². The number of hydrogen-bond acceptors (Lipinski definition) is 5. The standard InChI is InChI=1S/C14H22N2O3S/c1-3-18-12-6-5-11(9-13(12)19-4-2)16-14(17)10-20-8-7-15/h5-6,9H,3-4,7-8,10,15H2,1-2H3,(H,16,17). The molecule has 0 aromatic heterocycles. The van der Waals surface area contributed by atoms with Crippen LogP contribution in [-0.4, -0.2) is 37.2 Å². The minimum absolute atomic E-state index is 0.0462. The van der Waals surface area contributed by atoms with Crippen molar-refractivity contribution < 1.29 is 14.3 Å². The van der Waals surface area contributed by atoms with E-state index in [1.807, 2.05) is 13.8 Å². The van der Waals surface area contributed by atoms with Gasteiger partial charge in [0.25, 0.3) is 0 Å². The number of rotatable bonds is 9. The molecule has 1 aromatic rings. The van der Waals surface area contributed by atoms with Crippen molar-refractivity contribution >= 4 is 23.4 Å². The summed E-state index contributed by atoms with van der Waals surface area (Å²) in [5.41, 5.74) is 6.09. The largest absolute Gasteiger partial charge is 0.490 e. The van der Waals surface area contributed by atoms with Crippen molar-refractivity contribution in [2.24, 2.45) is 5.73 Å². The topological polar surface area (TPSA) is 73.6 Å². The van der Waals surface area contributed by atoms with Crippen molar-refractivity contribution in [2.75, 3.05) is 36.6 Å². The molecule has 112 valence electrons. The van der Waals surface area contributed by atoms with Crippen molar-refractivity contribution in [3.8, 4) is 11.5 Å². The molecule has 1 rings (SSSR count). The maximum Gasteiger partial charge on any atom is 0.234 e. The van der Waals surface area contributed by atoms with Gasteiger partial charge in [-0.25, -0.2) is 0 Å². The second-order valence-corrected chi connectivity index (χ2v) is 5.02. The molecular weight excluding hydrogens is 276 g/mol. The van der Waals surface area contributed by atoms with Gasteiger partial charge in [-0.15, -0.1) is 0 Å². The quantitative estimate of drug-likeness (QED) is 0.683. The van der Waals surface area contributed by atoms with Gasteiger partial charge in [-0.1, -0.05) is 0 Å². The van der Waals surface area contributed by atoms with E-state index in [0.29, 0.717) is 42.7 Å². The van der Waals surface area contributed by atoms with Gasteiger partial charge in [-0.3, -0.25) is 4.79 Å². The summed E-state index contributed by atoms with van der Waals surface area (Å²) in [6.07, 6.45) is 0. The van der Waals surface area contributed by atoms with Gasteiger partial charge < -0.3 is 20.5 Å². The lowest BCUT2D eigenvalue weighted by Crippen LogP contribution is -2.15. The van der Waals surface area contributed by atoms with Crippen molar-refractivity contribution in [1.29, 1.82) is 0 Å². The van der Waals surface area contributed by atoms with Gasteiger partial charge in [0, 0.05) is 24.1 Å². The summed E-state index contributed by atoms with van der Waals surface area (Å²) in [4.78, 5) is 11.7. The van der Waals surface area contributed by atoms with Crippen LogP contribution in [0.2, 0.25) is 0 Å². The molecular formula is C14H22N2O3S. The normalized spacial score (nSPS) is 10.2. The van der Waals surface area contributed by atoms with Crippen LogP contribution in [0.25, 0.3) is 0 Å². The molecule has 0 unspecified atom stereocenters. The first-order valence-electron chi connectivity index (χ1n) is 6.68. The zero-order valence-electron chi connectivity index (χ0n) is 12.0. The third-order valence-electron chi connectivity index (χ3n) is 2.32. The summed E-state index contributed by atoms with van der Waals surface area (Å²) >= 11 is 1.51. The number of nitrogens with two attached hydrogens (primary N) is 1. The average molecular weight is 298 g/mol. The number of amides is 1. The third-order valence-corrected chi connectivity index (χ3v) is 3.31. The maximum absolute atomic E-state index is 11.7. The highest BCUT2D eigenvalue weighted by Crippen LogP contribution is 2.30. The molecule has 0 atom stereocenters. The molecule has 6 heteroatoms. The summed E-state index contributed by atoms with van der Waals surface area (Å²) < 4.78 is 11.0. The van der Waals surface area contributed by atoms with E-state index in [-0.39, 0.29) is 5.91 Å². The highest BCUT2D eigenvalue weighted by atomic mass is 32.2. The van der Waals surface area contributed by atoms with Crippen LogP contribution < -0.4 is 20.5 Å². The summed E-state index contributed by atoms with van der Waals surface area (Å²) in [6.45, 7) is 5.52. The number of carbonyl (C=O) groups excluding carboxylic acids is 1. The van der Waals surface area contributed by atoms with Gasteiger partial charge in [-0.05, 0) is 26.0 Å². The van der Waals surface area contributed by atoms with E-state index in [1.54, 1.807) is 18.2 Å². The Kier molecular flexibility index (Phi) is 7.91. The number of nitrogens with one attached hydrogen (secondary N) is 1. The summed E-state index contributed by atoms with van der Waals surface area (Å²) in [6, 6.07) is 5.39. The number of carbonyl (C=O) groups is 1. The molecule has 5 nitrogen and oxygen atoms in total. The van der Waals surface area contributed by atoms with E-state index >= 15 is 0 Å². The fourth-order valence-corrected chi connectivity index (χ4v) is 2.14. The number of ether oxygens (including phenoxy) is 2. The maximum atomic E-state index is 11.7. The monoisotopic (exact) mass is 298 g/mol. The third kappa shape index (κ3) is 5.71. The number of anilines is 1. The molecule has 0 spiro atoms. The van der Waals surface area contributed by atoms with Crippen LogP contribution >= 0.6 is 11.8 Å². The van der Waals surface area contributed by atoms with Crippen molar-refractivity contribution in [1.82, 2.24) is 0 Å². The first-order valence-corrected chi connectivity index (χ1v) is 7.84. The van der Waals surface area contributed by atoms with Gasteiger partial charge in [-0.2, -0.15) is 11.8 Å². The Hall–Kier alpha value is -1.40. The predicted octanol–water partition coefficient (Wildman–Crippen LogP) is 2.11. The Balaban J connectivity index is 2.66. The first-order chi connectivity index (χ1) is 9.71. The number of thioether (sulfide) groups is 1. The van der Waals surface area contributed by atoms with Crippen molar-refractivity contribution in [3.63, 3.8) is 0 Å². The lowest BCUT2D eigenvalue weighted by atomic mass is 10.2. The van der Waals surface area contributed by atoms with E-state index in [1.165, 1.54) is 11.8 Å². The zero-order chi connectivity index (χ0) is 14.8. The molecule has 0 heterocycles. The van der Waals surface area contributed by atoms with Crippen LogP contribution in [0.1, 0.15) is 13.8 Å². The molecule has 1 amide bonds. The van der Waals surface area contributed by atoms with E-state index in [2.05, 4.69) is 5.32 Å². The molecule has 0 bridgehead atoms. The van der Waals surface area contributed by atoms with Gasteiger partial charge in [0.05, 0.1) is 19.0 Å². The molecule has 0 saturated carbocycles. The Morgan fingerprint density at radius 3 is 2.60 bits per heavy atom. The SMILES string of the molecule is CCOc1ccc(NC(=O)CSCCN)cc1OCC. The number of benzene rings is 1. The highest BCUT2D eigenvalue weighted by Gasteiger charge is 2.08. The molecule has 0 aliphatic carbocycles. The lowest BCUT2D eigenvalue weighted by Gasteiger charge is -2.13. The summed E-state index contributed by atoms with van der Waals surface area (Å²) in [5.74, 6) is 2.46. The molecule has 3 N–H and O–H groups in total. The zero-order valence-corrected chi connectivity index (χ0v) is 12.8. The Labute approximate surface area is 124 Å². The van der Waals surface area contributed by atoms with E-state index in [9.17, 15) is 4.79 Å². The number of hydrogen-bond donors (Lipinski definition) is 2. The van der Waals surface area contributed by atoms with Gasteiger partial charge >= 0.3 is 0 Å². The molecule has 1 aromatic carbocycles. The Morgan fingerprint density at radius 1 is 1.25 bits per heavy atom. The molecule has 0 aliphatic rings. The molecule has 0 fully saturated rings. The summed E-state index contributed by atoms with van der Waals surface area (Å²) in [5, 5.41) is 2.83. The van der Waals surface area contributed by atoms with E-state index < -0.39 is 0 Å². The van der Waals surface area contributed by atoms with Gasteiger partial charge in [0.1, 0.15) is 0 Å². The van der Waals surface area contributed by atoms with E-state index in [4.69, 9.17) is 15.2 Å². The Bertz CT molecular complexity index is 427. The molecule has 20 heavy (non-hydrogen) atoms. The molecule has 0 radical (unpaired) electrons. The van der Waals surface area contributed by atoms with Crippen molar-refractivity contribution in [3.05, 3.63) is 18.2 Å². The van der Waals surface area contributed by atoms with Gasteiger partial charge in [0.2, 0.25) is 5.91 Å². The summed E-state index contributed by atoms with van der Waals surface area (Å²) in [7, 11) is 0. The highest BCUT2D eigenvalue weighted by molar-refractivity contribution is 7.99.